The van der Waals surface area contributed by atoms with Crippen LogP contribution in [0.5, 0.6) is 0 Å². The minimum Gasteiger partial charge on any atom is -0.483 e. The molecule has 0 aliphatic heterocycles. The first-order valence-corrected chi connectivity index (χ1v) is 8.73. The molecule has 1 amide bonds. The Bertz CT molecular complexity index is 505. The maximum atomic E-state index is 12.3. The van der Waals surface area contributed by atoms with Crippen molar-refractivity contribution in [3.63, 3.8) is 0 Å². The number of hydrogen-bond donors (Lipinski definition) is 2. The molecule has 1 aromatic carbocycles. The summed E-state index contributed by atoms with van der Waals surface area (Å²) in [6, 6.07) is 10.1. The lowest BCUT2D eigenvalue weighted by molar-refractivity contribution is -0.126. The highest BCUT2D eigenvalue weighted by molar-refractivity contribution is 5.79. The molecule has 0 saturated heterocycles. The first-order valence-electron chi connectivity index (χ1n) is 8.73. The Morgan fingerprint density at radius 2 is 1.96 bits per heavy atom. The Morgan fingerprint density at radius 1 is 1.21 bits per heavy atom. The molecule has 2 N–H and O–H groups in total. The maximum absolute atomic E-state index is 12.3. The molecule has 2 fully saturated rings. The van der Waals surface area contributed by atoms with E-state index < -0.39 is 0 Å². The molecule has 2 saturated carbocycles. The van der Waals surface area contributed by atoms with Crippen LogP contribution in [-0.2, 0) is 20.9 Å². The number of nitrogens with one attached hydrogen (secondary N) is 1. The van der Waals surface area contributed by atoms with Gasteiger partial charge in [0.1, 0.15) is 0 Å². The molecule has 1 aromatic rings. The molecule has 0 heterocycles. The van der Waals surface area contributed by atoms with E-state index in [1.54, 1.807) is 0 Å². The summed E-state index contributed by atoms with van der Waals surface area (Å²) in [4.78, 5) is 20.6. The van der Waals surface area contributed by atoms with Gasteiger partial charge in [-0.3, -0.25) is 9.59 Å². The minimum absolute atomic E-state index is 0.250. The van der Waals surface area contributed by atoms with Gasteiger partial charge in [0.25, 0.3) is 6.47 Å². The van der Waals surface area contributed by atoms with Crippen LogP contribution in [0.1, 0.15) is 37.7 Å². The second-order valence-corrected chi connectivity index (χ2v) is 6.47. The van der Waals surface area contributed by atoms with Crippen molar-refractivity contribution >= 4 is 12.4 Å². The van der Waals surface area contributed by atoms with Crippen molar-refractivity contribution < 1.29 is 19.4 Å². The number of benzene rings is 1. The van der Waals surface area contributed by atoms with E-state index in [4.69, 9.17) is 14.6 Å². The number of carbonyl (C=O) groups is 2. The third-order valence-electron chi connectivity index (χ3n) is 5.08. The van der Waals surface area contributed by atoms with Crippen LogP contribution < -0.4 is 5.32 Å². The first kappa shape index (κ1) is 18.5. The average Bonchev–Trinajstić information content (AvgIpc) is 3.19. The van der Waals surface area contributed by atoms with Crippen molar-refractivity contribution in [2.24, 2.45) is 17.8 Å². The van der Waals surface area contributed by atoms with Gasteiger partial charge in [-0.05, 0) is 36.7 Å². The molecule has 3 atom stereocenters. The number of ether oxygens (including phenoxy) is 1. The molecule has 5 heteroatoms. The summed E-state index contributed by atoms with van der Waals surface area (Å²) in [5, 5.41) is 9.95. The summed E-state index contributed by atoms with van der Waals surface area (Å²) in [5.41, 5.74) is 1.17. The van der Waals surface area contributed by atoms with Crippen LogP contribution in [0.4, 0.5) is 0 Å². The van der Waals surface area contributed by atoms with Crippen molar-refractivity contribution in [1.29, 1.82) is 0 Å². The molecule has 0 unspecified atom stereocenters. The Hall–Kier alpha value is -1.88. The van der Waals surface area contributed by atoms with Gasteiger partial charge in [0.15, 0.2) is 0 Å². The van der Waals surface area contributed by atoms with Crippen LogP contribution in [-0.4, -0.2) is 30.6 Å². The Morgan fingerprint density at radius 3 is 2.71 bits per heavy atom. The lowest BCUT2D eigenvalue weighted by Gasteiger charge is -2.18. The number of hydrogen-bond acceptors (Lipinski definition) is 3. The highest BCUT2D eigenvalue weighted by atomic mass is 16.5. The van der Waals surface area contributed by atoms with Crippen molar-refractivity contribution in [3.05, 3.63) is 35.9 Å². The number of carbonyl (C=O) groups excluding carboxylic acids is 1. The van der Waals surface area contributed by atoms with Gasteiger partial charge in [0.2, 0.25) is 5.91 Å². The van der Waals surface area contributed by atoms with Crippen molar-refractivity contribution in [1.82, 2.24) is 5.32 Å². The van der Waals surface area contributed by atoms with Crippen LogP contribution in [0.2, 0.25) is 0 Å². The number of fused-ring (bicyclic) bond motifs is 1. The summed E-state index contributed by atoms with van der Waals surface area (Å²) in [5.74, 6) is 2.02. The summed E-state index contributed by atoms with van der Waals surface area (Å²) in [7, 11) is 0. The summed E-state index contributed by atoms with van der Waals surface area (Å²) < 4.78 is 5.60. The van der Waals surface area contributed by atoms with E-state index in [1.165, 1.54) is 31.2 Å². The average molecular weight is 333 g/mol. The molecule has 5 nitrogen and oxygen atoms in total. The zero-order valence-corrected chi connectivity index (χ0v) is 14.0. The van der Waals surface area contributed by atoms with Gasteiger partial charge in [-0.15, -0.1) is 0 Å². The van der Waals surface area contributed by atoms with Crippen molar-refractivity contribution in [2.45, 2.75) is 38.7 Å². The predicted molar refractivity (Wildman–Crippen MR) is 91.4 cm³/mol. The lowest BCUT2D eigenvalue weighted by atomic mass is 9.91. The fourth-order valence-electron chi connectivity index (χ4n) is 4.03. The monoisotopic (exact) mass is 333 g/mol. The van der Waals surface area contributed by atoms with Crippen LogP contribution >= 0.6 is 0 Å². The van der Waals surface area contributed by atoms with Crippen LogP contribution in [0.25, 0.3) is 0 Å². The molecule has 0 spiro atoms. The second kappa shape index (κ2) is 10.1. The van der Waals surface area contributed by atoms with E-state index >= 15 is 0 Å². The summed E-state index contributed by atoms with van der Waals surface area (Å²) >= 11 is 0. The third-order valence-corrected chi connectivity index (χ3v) is 5.08. The number of carboxylic acid groups (broad SMARTS) is 1. The smallest absolute Gasteiger partial charge is 0.290 e. The zero-order chi connectivity index (χ0) is 17.2. The third kappa shape index (κ3) is 5.34. The van der Waals surface area contributed by atoms with E-state index in [2.05, 4.69) is 17.4 Å². The normalized spacial score (nSPS) is 24.6. The predicted octanol–water partition coefficient (Wildman–Crippen LogP) is 2.85. The van der Waals surface area contributed by atoms with Crippen molar-refractivity contribution in [3.8, 4) is 0 Å². The number of amides is 1. The highest BCUT2D eigenvalue weighted by Gasteiger charge is 2.42. The topological polar surface area (TPSA) is 75.6 Å². The summed E-state index contributed by atoms with van der Waals surface area (Å²) in [6.45, 7) is 1.58. The van der Waals surface area contributed by atoms with E-state index in [0.717, 1.165) is 12.3 Å². The van der Waals surface area contributed by atoms with Crippen LogP contribution in [0.15, 0.2) is 30.3 Å². The Kier molecular flexibility index (Phi) is 7.75. The van der Waals surface area contributed by atoms with E-state index in [1.807, 2.05) is 18.2 Å². The van der Waals surface area contributed by atoms with Gasteiger partial charge in [-0.1, -0.05) is 43.2 Å². The van der Waals surface area contributed by atoms with E-state index in [9.17, 15) is 4.79 Å². The van der Waals surface area contributed by atoms with Gasteiger partial charge < -0.3 is 15.2 Å². The molecule has 3 rings (SSSR count). The molecule has 2 aliphatic carbocycles. The molecular weight excluding hydrogens is 306 g/mol. The van der Waals surface area contributed by atoms with E-state index in [-0.39, 0.29) is 18.3 Å². The largest absolute Gasteiger partial charge is 0.483 e. The van der Waals surface area contributed by atoms with E-state index in [0.29, 0.717) is 25.7 Å². The van der Waals surface area contributed by atoms with Gasteiger partial charge in [0, 0.05) is 12.5 Å². The van der Waals surface area contributed by atoms with Crippen molar-refractivity contribution in [2.75, 3.05) is 13.2 Å². The van der Waals surface area contributed by atoms with Gasteiger partial charge in [0.05, 0.1) is 13.2 Å². The minimum atomic E-state index is -0.250. The lowest BCUT2D eigenvalue weighted by Crippen LogP contribution is -2.35. The zero-order valence-electron chi connectivity index (χ0n) is 14.0. The number of rotatable bonds is 6. The standard InChI is InChI=1S/C18H25NO2.CH2O2/c20-18(17-10-9-15-7-4-8-16(15)17)19-11-12-21-13-14-5-2-1-3-6-14;2-1-3/h1-3,5-6,15-17H,4,7-13H2,(H,19,20);1H,(H,2,3)/t15-,16-,17-;/m0./s1. The van der Waals surface area contributed by atoms with Crippen LogP contribution in [0, 0.1) is 17.8 Å². The van der Waals surface area contributed by atoms with Gasteiger partial charge in [-0.2, -0.15) is 0 Å². The second-order valence-electron chi connectivity index (χ2n) is 6.47. The fourth-order valence-corrected chi connectivity index (χ4v) is 4.03. The molecule has 0 aromatic heterocycles. The Labute approximate surface area is 143 Å². The van der Waals surface area contributed by atoms with Crippen LogP contribution in [0.3, 0.4) is 0 Å². The quantitative estimate of drug-likeness (QED) is 0.620. The molecule has 2 aliphatic rings. The molecule has 0 radical (unpaired) electrons. The molecule has 24 heavy (non-hydrogen) atoms. The molecule has 0 bridgehead atoms. The Balaban J connectivity index is 0.000000647. The fraction of sp³-hybridized carbons (Fsp3) is 0.579. The molecular formula is C19H27NO4. The maximum Gasteiger partial charge on any atom is 0.290 e. The van der Waals surface area contributed by atoms with Gasteiger partial charge in [-0.25, -0.2) is 0 Å². The SMILES string of the molecule is O=C(NCCOCc1ccccc1)[C@H]1CC[C@@H]2CCC[C@@H]21.O=CO. The first-order chi connectivity index (χ1) is 11.8. The molecule has 132 valence electrons. The highest BCUT2D eigenvalue weighted by Crippen LogP contribution is 2.47. The summed E-state index contributed by atoms with van der Waals surface area (Å²) in [6.07, 6.45) is 6.26. The van der Waals surface area contributed by atoms with Gasteiger partial charge >= 0.3 is 0 Å².